The molecule has 126 valence electrons. The van der Waals surface area contributed by atoms with Crippen molar-refractivity contribution in [1.29, 1.82) is 0 Å². The highest BCUT2D eigenvalue weighted by Gasteiger charge is 2.31. The summed E-state index contributed by atoms with van der Waals surface area (Å²) in [6.45, 7) is 4.19. The number of nitrogens with one attached hydrogen (secondary N) is 2. The van der Waals surface area contributed by atoms with Crippen molar-refractivity contribution < 1.29 is 14.0 Å². The fourth-order valence-electron chi connectivity index (χ4n) is 2.84. The number of carbonyl (C=O) groups is 2. The predicted octanol–water partition coefficient (Wildman–Crippen LogP) is 2.75. The fraction of sp³-hybridized carbons (Fsp3) is 0.333. The normalized spacial score (nSPS) is 18.5. The first kappa shape index (κ1) is 16.1. The molecule has 24 heavy (non-hydrogen) atoms. The molecule has 1 fully saturated rings. The quantitative estimate of drug-likeness (QED) is 0.907. The van der Waals surface area contributed by atoms with Gasteiger partial charge in [-0.3, -0.25) is 4.79 Å². The molecule has 1 aliphatic rings. The number of carbonyl (C=O) groups excluding carboxylic acids is 2. The van der Waals surface area contributed by atoms with Gasteiger partial charge in [0.2, 0.25) is 5.91 Å². The van der Waals surface area contributed by atoms with Crippen LogP contribution in [-0.2, 0) is 4.79 Å². The van der Waals surface area contributed by atoms with Gasteiger partial charge in [-0.25, -0.2) is 4.79 Å². The van der Waals surface area contributed by atoms with Gasteiger partial charge in [0.25, 0.3) is 0 Å². The number of amides is 3. The van der Waals surface area contributed by atoms with Crippen molar-refractivity contribution in [3.8, 4) is 0 Å². The minimum Gasteiger partial charge on any atom is -0.464 e. The summed E-state index contributed by atoms with van der Waals surface area (Å²) in [4.78, 5) is 26.0. The van der Waals surface area contributed by atoms with E-state index in [-0.39, 0.29) is 24.0 Å². The van der Waals surface area contributed by atoms with Crippen LogP contribution in [0.25, 0.3) is 0 Å². The Labute approximate surface area is 140 Å². The highest BCUT2D eigenvalue weighted by atomic mass is 16.3. The first-order valence-corrected chi connectivity index (χ1v) is 8.01. The Bertz CT molecular complexity index is 726. The van der Waals surface area contributed by atoms with E-state index in [1.165, 1.54) is 0 Å². The van der Waals surface area contributed by atoms with Crippen LogP contribution >= 0.6 is 0 Å². The summed E-state index contributed by atoms with van der Waals surface area (Å²) in [6, 6.07) is 12.4. The zero-order valence-electron chi connectivity index (χ0n) is 13.8. The lowest BCUT2D eigenvalue weighted by molar-refractivity contribution is -0.117. The van der Waals surface area contributed by atoms with E-state index in [0.717, 1.165) is 11.4 Å². The molecule has 0 saturated carbocycles. The number of anilines is 1. The maximum absolute atomic E-state index is 12.2. The first-order valence-electron chi connectivity index (χ1n) is 8.01. The smallest absolute Gasteiger partial charge is 0.315 e. The standard InChI is InChI=1S/C18H21N3O3/c1-12-8-9-16(24-12)13(2)19-18(23)20-14-10-17(22)21(11-14)15-6-4-3-5-7-15/h3-9,13-14H,10-11H2,1-2H3,(H2,19,20,23). The van der Waals surface area contributed by atoms with Gasteiger partial charge in [-0.2, -0.15) is 0 Å². The number of rotatable bonds is 4. The molecule has 0 radical (unpaired) electrons. The highest BCUT2D eigenvalue weighted by molar-refractivity contribution is 5.96. The molecule has 1 aromatic carbocycles. The van der Waals surface area contributed by atoms with Crippen LogP contribution in [0.1, 0.15) is 30.9 Å². The number of hydrogen-bond donors (Lipinski definition) is 2. The first-order chi connectivity index (χ1) is 11.5. The van der Waals surface area contributed by atoms with Crippen molar-refractivity contribution in [3.63, 3.8) is 0 Å². The molecule has 2 aromatic rings. The van der Waals surface area contributed by atoms with Crippen LogP contribution in [0.3, 0.4) is 0 Å². The molecule has 6 heteroatoms. The number of urea groups is 1. The number of benzene rings is 1. The number of nitrogens with zero attached hydrogens (tertiary/aromatic N) is 1. The van der Waals surface area contributed by atoms with Crippen LogP contribution in [0.5, 0.6) is 0 Å². The van der Waals surface area contributed by atoms with E-state index in [1.54, 1.807) is 4.90 Å². The Balaban J connectivity index is 1.55. The second-order valence-electron chi connectivity index (χ2n) is 6.03. The Morgan fingerprint density at radius 3 is 2.67 bits per heavy atom. The number of para-hydroxylation sites is 1. The lowest BCUT2D eigenvalue weighted by atomic mass is 10.2. The lowest BCUT2D eigenvalue weighted by Crippen LogP contribution is -2.44. The zero-order valence-corrected chi connectivity index (χ0v) is 13.8. The zero-order chi connectivity index (χ0) is 17.1. The van der Waals surface area contributed by atoms with E-state index in [4.69, 9.17) is 4.42 Å². The Hall–Kier alpha value is -2.76. The van der Waals surface area contributed by atoms with Gasteiger partial charge in [-0.1, -0.05) is 18.2 Å². The van der Waals surface area contributed by atoms with Crippen LogP contribution in [0.2, 0.25) is 0 Å². The van der Waals surface area contributed by atoms with Gasteiger partial charge < -0.3 is 20.0 Å². The molecule has 0 spiro atoms. The minimum atomic E-state index is -0.302. The van der Waals surface area contributed by atoms with E-state index < -0.39 is 0 Å². The second-order valence-corrected chi connectivity index (χ2v) is 6.03. The summed E-state index contributed by atoms with van der Waals surface area (Å²) < 4.78 is 5.50. The van der Waals surface area contributed by atoms with Gasteiger partial charge in [0.05, 0.1) is 12.1 Å². The lowest BCUT2D eigenvalue weighted by Gasteiger charge is -2.18. The van der Waals surface area contributed by atoms with Crippen LogP contribution in [-0.4, -0.2) is 24.5 Å². The molecule has 2 unspecified atom stereocenters. The fourth-order valence-corrected chi connectivity index (χ4v) is 2.84. The largest absolute Gasteiger partial charge is 0.464 e. The van der Waals surface area contributed by atoms with Crippen LogP contribution in [0, 0.1) is 6.92 Å². The van der Waals surface area contributed by atoms with Gasteiger partial charge in [0, 0.05) is 18.7 Å². The average Bonchev–Trinajstić information content (AvgIpc) is 3.14. The van der Waals surface area contributed by atoms with Crippen molar-refractivity contribution in [1.82, 2.24) is 10.6 Å². The molecule has 1 aromatic heterocycles. The maximum atomic E-state index is 12.2. The second kappa shape index (κ2) is 6.78. The monoisotopic (exact) mass is 327 g/mol. The summed E-state index contributed by atoms with van der Waals surface area (Å²) in [5.41, 5.74) is 0.853. The molecule has 1 aliphatic heterocycles. The minimum absolute atomic E-state index is 0.0150. The van der Waals surface area contributed by atoms with E-state index >= 15 is 0 Å². The number of furan rings is 1. The molecule has 2 atom stereocenters. The van der Waals surface area contributed by atoms with Gasteiger partial charge in [-0.15, -0.1) is 0 Å². The molecule has 3 amide bonds. The van der Waals surface area contributed by atoms with Crippen LogP contribution in [0.4, 0.5) is 10.5 Å². The molecule has 6 nitrogen and oxygen atoms in total. The van der Waals surface area contributed by atoms with Gasteiger partial charge >= 0.3 is 6.03 Å². The molecule has 1 saturated heterocycles. The predicted molar refractivity (Wildman–Crippen MR) is 90.7 cm³/mol. The molecule has 2 N–H and O–H groups in total. The summed E-state index contributed by atoms with van der Waals surface area (Å²) >= 11 is 0. The Morgan fingerprint density at radius 1 is 1.25 bits per heavy atom. The van der Waals surface area contributed by atoms with E-state index in [2.05, 4.69) is 10.6 Å². The number of hydrogen-bond acceptors (Lipinski definition) is 3. The number of aryl methyl sites for hydroxylation is 1. The topological polar surface area (TPSA) is 74.6 Å². The highest BCUT2D eigenvalue weighted by Crippen LogP contribution is 2.21. The molecule has 0 aliphatic carbocycles. The molecule has 0 bridgehead atoms. The Kier molecular flexibility index (Phi) is 4.55. The molecular formula is C18H21N3O3. The third-order valence-corrected chi connectivity index (χ3v) is 4.06. The maximum Gasteiger partial charge on any atom is 0.315 e. The van der Waals surface area contributed by atoms with Gasteiger partial charge in [-0.05, 0) is 38.1 Å². The third-order valence-electron chi connectivity index (χ3n) is 4.06. The van der Waals surface area contributed by atoms with Crippen molar-refractivity contribution in [2.45, 2.75) is 32.4 Å². The van der Waals surface area contributed by atoms with Crippen molar-refractivity contribution in [2.24, 2.45) is 0 Å². The molecular weight excluding hydrogens is 306 g/mol. The third kappa shape index (κ3) is 3.59. The van der Waals surface area contributed by atoms with Crippen molar-refractivity contribution in [3.05, 3.63) is 54.0 Å². The average molecular weight is 327 g/mol. The summed E-state index contributed by atoms with van der Waals surface area (Å²) in [7, 11) is 0. The summed E-state index contributed by atoms with van der Waals surface area (Å²) in [5.74, 6) is 1.52. The van der Waals surface area contributed by atoms with E-state index in [9.17, 15) is 9.59 Å². The van der Waals surface area contributed by atoms with Crippen molar-refractivity contribution in [2.75, 3.05) is 11.4 Å². The van der Waals surface area contributed by atoms with Crippen LogP contribution < -0.4 is 15.5 Å². The van der Waals surface area contributed by atoms with Gasteiger partial charge in [0.1, 0.15) is 11.5 Å². The SMILES string of the molecule is Cc1ccc(C(C)NC(=O)NC2CC(=O)N(c3ccccc3)C2)o1. The van der Waals surface area contributed by atoms with E-state index in [1.807, 2.05) is 56.3 Å². The van der Waals surface area contributed by atoms with E-state index in [0.29, 0.717) is 18.7 Å². The molecule has 3 rings (SSSR count). The Morgan fingerprint density at radius 2 is 2.00 bits per heavy atom. The molecule has 2 heterocycles. The summed E-state index contributed by atoms with van der Waals surface area (Å²) in [5, 5.41) is 5.69. The van der Waals surface area contributed by atoms with Crippen LogP contribution in [0.15, 0.2) is 46.9 Å². The summed E-state index contributed by atoms with van der Waals surface area (Å²) in [6.07, 6.45) is 0.302. The van der Waals surface area contributed by atoms with Gasteiger partial charge in [0.15, 0.2) is 0 Å². The van der Waals surface area contributed by atoms with Crippen molar-refractivity contribution >= 4 is 17.6 Å².